The lowest BCUT2D eigenvalue weighted by molar-refractivity contribution is -0.121. The molecule has 2 aromatic carbocycles. The van der Waals surface area contributed by atoms with Crippen LogP contribution in [0.15, 0.2) is 54.6 Å². The quantitative estimate of drug-likeness (QED) is 0.907. The average molecular weight is 350 g/mol. The zero-order chi connectivity index (χ0) is 17.8. The number of amides is 1. The molecule has 2 aromatic rings. The molecule has 26 heavy (non-hydrogen) atoms. The number of nitrogens with zero attached hydrogens (tertiary/aromatic N) is 1. The minimum Gasteiger partial charge on any atom is -0.378 e. The van der Waals surface area contributed by atoms with Crippen molar-refractivity contribution >= 4 is 17.3 Å². The number of anilines is 2. The van der Waals surface area contributed by atoms with Crippen LogP contribution in [0, 0.1) is 0 Å². The summed E-state index contributed by atoms with van der Waals surface area (Å²) < 4.78 is 5.41. The van der Waals surface area contributed by atoms with Crippen LogP contribution in [0.2, 0.25) is 0 Å². The van der Waals surface area contributed by atoms with Gasteiger partial charge in [0.05, 0.1) is 18.6 Å². The molecule has 4 nitrogen and oxygen atoms in total. The predicted octanol–water partition coefficient (Wildman–Crippen LogP) is 3.97. The number of rotatable bonds is 4. The Labute approximate surface area is 155 Å². The van der Waals surface area contributed by atoms with Crippen molar-refractivity contribution in [3.63, 3.8) is 0 Å². The van der Waals surface area contributed by atoms with Gasteiger partial charge in [0.25, 0.3) is 0 Å². The number of morpholine rings is 1. The maximum Gasteiger partial charge on any atom is 0.235 e. The maximum atomic E-state index is 13.2. The molecule has 1 aliphatic carbocycles. The lowest BCUT2D eigenvalue weighted by Crippen LogP contribution is -2.38. The van der Waals surface area contributed by atoms with E-state index >= 15 is 0 Å². The SMILES string of the molecule is O=C(Nc1ccc(N2CCOCC2)cc1)C1(c2ccccc2)CCCC1. The van der Waals surface area contributed by atoms with Crippen LogP contribution in [0.3, 0.4) is 0 Å². The fourth-order valence-electron chi connectivity index (χ4n) is 4.21. The Hall–Kier alpha value is -2.33. The Morgan fingerprint density at radius 1 is 0.923 bits per heavy atom. The number of carbonyl (C=O) groups is 1. The van der Waals surface area contributed by atoms with Gasteiger partial charge in [0.1, 0.15) is 0 Å². The van der Waals surface area contributed by atoms with Gasteiger partial charge in [0.15, 0.2) is 0 Å². The number of hydrogen-bond acceptors (Lipinski definition) is 3. The maximum absolute atomic E-state index is 13.2. The summed E-state index contributed by atoms with van der Waals surface area (Å²) in [5.41, 5.74) is 2.81. The van der Waals surface area contributed by atoms with Crippen molar-refractivity contribution in [2.45, 2.75) is 31.1 Å². The normalized spacial score (nSPS) is 19.3. The monoisotopic (exact) mass is 350 g/mol. The van der Waals surface area contributed by atoms with Gasteiger partial charge >= 0.3 is 0 Å². The highest BCUT2D eigenvalue weighted by Crippen LogP contribution is 2.42. The van der Waals surface area contributed by atoms with Gasteiger partial charge in [-0.2, -0.15) is 0 Å². The van der Waals surface area contributed by atoms with E-state index in [9.17, 15) is 4.79 Å². The van der Waals surface area contributed by atoms with Gasteiger partial charge in [-0.3, -0.25) is 4.79 Å². The van der Waals surface area contributed by atoms with Crippen molar-refractivity contribution in [2.24, 2.45) is 0 Å². The van der Waals surface area contributed by atoms with Gasteiger partial charge in [-0.05, 0) is 42.7 Å². The molecule has 4 heteroatoms. The Morgan fingerprint density at radius 3 is 2.23 bits per heavy atom. The summed E-state index contributed by atoms with van der Waals surface area (Å²) in [5.74, 6) is 0.125. The molecule has 0 atom stereocenters. The van der Waals surface area contributed by atoms with Crippen LogP contribution in [0.1, 0.15) is 31.2 Å². The Kier molecular flexibility index (Phi) is 4.93. The Bertz CT molecular complexity index is 730. The minimum absolute atomic E-state index is 0.125. The van der Waals surface area contributed by atoms with Crippen molar-refractivity contribution < 1.29 is 9.53 Å². The van der Waals surface area contributed by atoms with E-state index in [0.717, 1.165) is 63.2 Å². The van der Waals surface area contributed by atoms with Crippen LogP contribution < -0.4 is 10.2 Å². The van der Waals surface area contributed by atoms with Crippen LogP contribution in [-0.2, 0) is 14.9 Å². The van der Waals surface area contributed by atoms with E-state index in [1.807, 2.05) is 30.3 Å². The number of nitrogens with one attached hydrogen (secondary N) is 1. The molecular weight excluding hydrogens is 324 g/mol. The largest absolute Gasteiger partial charge is 0.378 e. The first kappa shape index (κ1) is 17.1. The Morgan fingerprint density at radius 2 is 1.58 bits per heavy atom. The third-order valence-corrected chi connectivity index (χ3v) is 5.72. The molecule has 0 radical (unpaired) electrons. The van der Waals surface area contributed by atoms with Gasteiger partial charge in [-0.15, -0.1) is 0 Å². The van der Waals surface area contributed by atoms with Gasteiger partial charge in [0, 0.05) is 24.5 Å². The van der Waals surface area contributed by atoms with Crippen LogP contribution in [0.25, 0.3) is 0 Å². The predicted molar refractivity (Wildman–Crippen MR) is 105 cm³/mol. The van der Waals surface area contributed by atoms with Gasteiger partial charge in [-0.1, -0.05) is 43.2 Å². The van der Waals surface area contributed by atoms with Crippen molar-refractivity contribution in [1.82, 2.24) is 0 Å². The van der Waals surface area contributed by atoms with Crippen molar-refractivity contribution in [1.29, 1.82) is 0 Å². The van der Waals surface area contributed by atoms with E-state index < -0.39 is 0 Å². The van der Waals surface area contributed by atoms with Gasteiger partial charge in [0.2, 0.25) is 5.91 Å². The van der Waals surface area contributed by atoms with E-state index in [0.29, 0.717) is 0 Å². The van der Waals surface area contributed by atoms with E-state index in [-0.39, 0.29) is 11.3 Å². The summed E-state index contributed by atoms with van der Waals surface area (Å²) in [7, 11) is 0. The first-order valence-corrected chi connectivity index (χ1v) is 9.58. The molecule has 0 spiro atoms. The summed E-state index contributed by atoms with van der Waals surface area (Å²) in [6, 6.07) is 18.4. The molecule has 1 heterocycles. The van der Waals surface area contributed by atoms with Crippen molar-refractivity contribution in [3.8, 4) is 0 Å². The van der Waals surface area contributed by atoms with E-state index in [1.165, 1.54) is 5.69 Å². The first-order valence-electron chi connectivity index (χ1n) is 9.58. The lowest BCUT2D eigenvalue weighted by atomic mass is 9.78. The highest BCUT2D eigenvalue weighted by molar-refractivity contribution is 5.99. The number of ether oxygens (including phenoxy) is 1. The highest BCUT2D eigenvalue weighted by atomic mass is 16.5. The van der Waals surface area contributed by atoms with Crippen LogP contribution in [0.5, 0.6) is 0 Å². The second-order valence-corrected chi connectivity index (χ2v) is 7.26. The topological polar surface area (TPSA) is 41.6 Å². The molecule has 0 bridgehead atoms. The highest BCUT2D eigenvalue weighted by Gasteiger charge is 2.42. The third-order valence-electron chi connectivity index (χ3n) is 5.72. The molecule has 1 aliphatic heterocycles. The van der Waals surface area contributed by atoms with Crippen molar-refractivity contribution in [2.75, 3.05) is 36.5 Å². The molecule has 1 amide bonds. The van der Waals surface area contributed by atoms with E-state index in [4.69, 9.17) is 4.74 Å². The summed E-state index contributed by atoms with van der Waals surface area (Å²) in [5, 5.41) is 3.17. The second-order valence-electron chi connectivity index (χ2n) is 7.26. The summed E-state index contributed by atoms with van der Waals surface area (Å²) in [4.78, 5) is 15.5. The number of carbonyl (C=O) groups excluding carboxylic acids is 1. The molecule has 0 aromatic heterocycles. The molecule has 4 rings (SSSR count). The van der Waals surface area contributed by atoms with Crippen molar-refractivity contribution in [3.05, 3.63) is 60.2 Å². The zero-order valence-electron chi connectivity index (χ0n) is 15.1. The van der Waals surface area contributed by atoms with E-state index in [1.54, 1.807) is 0 Å². The summed E-state index contributed by atoms with van der Waals surface area (Å²) >= 11 is 0. The first-order chi connectivity index (χ1) is 12.8. The number of hydrogen-bond donors (Lipinski definition) is 1. The molecule has 1 saturated carbocycles. The van der Waals surface area contributed by atoms with Gasteiger partial charge in [-0.25, -0.2) is 0 Å². The van der Waals surface area contributed by atoms with E-state index in [2.05, 4.69) is 34.5 Å². The van der Waals surface area contributed by atoms with Crippen LogP contribution in [-0.4, -0.2) is 32.2 Å². The second kappa shape index (κ2) is 7.50. The fourth-order valence-corrected chi connectivity index (χ4v) is 4.21. The molecule has 0 unspecified atom stereocenters. The van der Waals surface area contributed by atoms with Gasteiger partial charge < -0.3 is 15.0 Å². The smallest absolute Gasteiger partial charge is 0.235 e. The number of benzene rings is 2. The summed E-state index contributed by atoms with van der Waals surface area (Å²) in [6.07, 6.45) is 4.07. The molecule has 2 aliphatic rings. The summed E-state index contributed by atoms with van der Waals surface area (Å²) in [6.45, 7) is 3.39. The zero-order valence-corrected chi connectivity index (χ0v) is 15.1. The third kappa shape index (κ3) is 3.34. The molecule has 2 fully saturated rings. The average Bonchev–Trinajstić information content (AvgIpc) is 3.21. The molecule has 1 saturated heterocycles. The standard InChI is InChI=1S/C22H26N2O2/c25-21(22(12-4-5-13-22)18-6-2-1-3-7-18)23-19-8-10-20(11-9-19)24-14-16-26-17-15-24/h1-3,6-11H,4-5,12-17H2,(H,23,25). The van der Waals surface area contributed by atoms with Crippen LogP contribution >= 0.6 is 0 Å². The fraction of sp³-hybridized carbons (Fsp3) is 0.409. The lowest BCUT2D eigenvalue weighted by Gasteiger charge is -2.30. The molecule has 1 N–H and O–H groups in total. The minimum atomic E-state index is -0.385. The Balaban J connectivity index is 1.50. The van der Waals surface area contributed by atoms with Crippen LogP contribution in [0.4, 0.5) is 11.4 Å². The molecular formula is C22H26N2O2. The molecule has 136 valence electrons.